The third kappa shape index (κ3) is 11.1. The molecule has 1 nitrogen and oxygen atoms in total. The van der Waals surface area contributed by atoms with Crippen LogP contribution >= 0.6 is 11.8 Å². The quantitative estimate of drug-likeness (QED) is 0.587. The summed E-state index contributed by atoms with van der Waals surface area (Å²) in [5, 5.41) is 0. The molecule has 0 aromatic heterocycles. The van der Waals surface area contributed by atoms with E-state index in [9.17, 15) is 8.78 Å². The molecule has 0 N–H and O–H groups in total. The Bertz CT molecular complexity index is 410. The molecule has 0 aliphatic carbocycles. The fourth-order valence-electron chi connectivity index (χ4n) is 1.14. The average Bonchev–Trinajstić information content (AvgIpc) is 2.60. The fraction of sp³-hybridized carbons (Fsp3) is 0.333. The molecule has 0 spiro atoms. The summed E-state index contributed by atoms with van der Waals surface area (Å²) in [4.78, 5) is 1.09. The molecule has 0 saturated carbocycles. The highest BCUT2D eigenvalue weighted by Gasteiger charge is 1.89. The Balaban J connectivity index is 0. The average molecular weight is 328 g/mol. The van der Waals surface area contributed by atoms with Crippen LogP contribution in [0.15, 0.2) is 53.4 Å². The van der Waals surface area contributed by atoms with E-state index in [0.717, 1.165) is 4.90 Å². The standard InChI is InChI=1S/C7H7FO.C7H7FS.2C2H6/c2*1-9-7-4-2-6(8)3-5-7;2*1-2/h2*2-5H,1H3;2*1-2H3. The molecular formula is C18H26F2OS. The molecule has 0 aliphatic heterocycles. The van der Waals surface area contributed by atoms with Crippen molar-refractivity contribution in [1.82, 2.24) is 0 Å². The van der Waals surface area contributed by atoms with E-state index < -0.39 is 0 Å². The fourth-order valence-corrected chi connectivity index (χ4v) is 1.55. The van der Waals surface area contributed by atoms with Gasteiger partial charge in [-0.3, -0.25) is 0 Å². The number of hydrogen-bond donors (Lipinski definition) is 0. The molecule has 4 heteroatoms. The summed E-state index contributed by atoms with van der Waals surface area (Å²) >= 11 is 1.61. The van der Waals surface area contributed by atoms with Gasteiger partial charge in [0.1, 0.15) is 17.4 Å². The van der Waals surface area contributed by atoms with Crippen molar-refractivity contribution in [3.63, 3.8) is 0 Å². The normalized spacial score (nSPS) is 8.18. The summed E-state index contributed by atoms with van der Waals surface area (Å²) in [6, 6.07) is 12.3. The van der Waals surface area contributed by atoms with Crippen LogP contribution in [0.5, 0.6) is 5.75 Å². The van der Waals surface area contributed by atoms with Crippen molar-refractivity contribution in [3.8, 4) is 5.75 Å². The van der Waals surface area contributed by atoms with Gasteiger partial charge < -0.3 is 4.74 Å². The Morgan fingerprint density at radius 2 is 1.09 bits per heavy atom. The van der Waals surface area contributed by atoms with Gasteiger partial charge in [0.15, 0.2) is 0 Å². The van der Waals surface area contributed by atoms with Gasteiger partial charge in [-0.05, 0) is 54.8 Å². The summed E-state index contributed by atoms with van der Waals surface area (Å²) in [6.45, 7) is 8.00. The largest absolute Gasteiger partial charge is 0.497 e. The van der Waals surface area contributed by atoms with Gasteiger partial charge >= 0.3 is 0 Å². The van der Waals surface area contributed by atoms with Gasteiger partial charge in [-0.15, -0.1) is 11.8 Å². The second-order valence-electron chi connectivity index (χ2n) is 3.32. The van der Waals surface area contributed by atoms with Crippen molar-refractivity contribution in [2.75, 3.05) is 13.4 Å². The highest BCUT2D eigenvalue weighted by molar-refractivity contribution is 7.98. The molecule has 22 heavy (non-hydrogen) atoms. The van der Waals surface area contributed by atoms with E-state index in [-0.39, 0.29) is 11.6 Å². The monoisotopic (exact) mass is 328 g/mol. The van der Waals surface area contributed by atoms with Crippen molar-refractivity contribution in [2.45, 2.75) is 32.6 Å². The molecule has 0 amide bonds. The summed E-state index contributed by atoms with van der Waals surface area (Å²) in [7, 11) is 1.55. The number of hydrogen-bond acceptors (Lipinski definition) is 2. The van der Waals surface area contributed by atoms with Crippen molar-refractivity contribution < 1.29 is 13.5 Å². The minimum Gasteiger partial charge on any atom is -0.497 e. The van der Waals surface area contributed by atoms with Gasteiger partial charge in [-0.25, -0.2) is 8.78 Å². The Morgan fingerprint density at radius 1 is 0.727 bits per heavy atom. The molecule has 0 heterocycles. The zero-order valence-corrected chi connectivity index (χ0v) is 15.0. The first kappa shape index (κ1) is 22.7. The molecule has 124 valence electrons. The first-order chi connectivity index (χ1) is 10.7. The lowest BCUT2D eigenvalue weighted by molar-refractivity contribution is 0.413. The second-order valence-corrected chi connectivity index (χ2v) is 4.20. The molecule has 0 fully saturated rings. The van der Waals surface area contributed by atoms with Gasteiger partial charge in [-0.1, -0.05) is 27.7 Å². The number of ether oxygens (including phenoxy) is 1. The number of thioether (sulfide) groups is 1. The van der Waals surface area contributed by atoms with E-state index >= 15 is 0 Å². The van der Waals surface area contributed by atoms with Crippen molar-refractivity contribution in [2.24, 2.45) is 0 Å². The maximum absolute atomic E-state index is 12.2. The van der Waals surface area contributed by atoms with E-state index in [2.05, 4.69) is 0 Å². The van der Waals surface area contributed by atoms with Crippen molar-refractivity contribution in [1.29, 1.82) is 0 Å². The van der Waals surface area contributed by atoms with E-state index in [0.29, 0.717) is 5.75 Å². The van der Waals surface area contributed by atoms with Crippen LogP contribution in [0.2, 0.25) is 0 Å². The lowest BCUT2D eigenvalue weighted by atomic mass is 10.3. The molecule has 0 saturated heterocycles. The van der Waals surface area contributed by atoms with Crippen molar-refractivity contribution in [3.05, 3.63) is 60.2 Å². The second kappa shape index (κ2) is 15.8. The lowest BCUT2D eigenvalue weighted by Crippen LogP contribution is -1.80. The summed E-state index contributed by atoms with van der Waals surface area (Å²) in [6.07, 6.45) is 1.97. The van der Waals surface area contributed by atoms with Gasteiger partial charge in [0.2, 0.25) is 0 Å². The summed E-state index contributed by atoms with van der Waals surface area (Å²) < 4.78 is 29.2. The van der Waals surface area contributed by atoms with Gasteiger partial charge in [0.05, 0.1) is 7.11 Å². The topological polar surface area (TPSA) is 9.23 Å². The van der Waals surface area contributed by atoms with E-state index in [1.54, 1.807) is 43.1 Å². The Labute approximate surface area is 137 Å². The van der Waals surface area contributed by atoms with Crippen LogP contribution in [0.1, 0.15) is 27.7 Å². The highest BCUT2D eigenvalue weighted by Crippen LogP contribution is 2.13. The van der Waals surface area contributed by atoms with Crippen LogP contribution < -0.4 is 4.74 Å². The zero-order chi connectivity index (χ0) is 17.4. The van der Waals surface area contributed by atoms with Crippen LogP contribution in [0.4, 0.5) is 8.78 Å². The SMILES string of the molecule is CC.CC.COc1ccc(F)cc1.CSc1ccc(F)cc1. The molecule has 0 unspecified atom stereocenters. The summed E-state index contributed by atoms with van der Waals surface area (Å²) in [5.41, 5.74) is 0. The Hall–Kier alpha value is -1.55. The third-order valence-electron chi connectivity index (χ3n) is 2.10. The smallest absolute Gasteiger partial charge is 0.123 e. The Morgan fingerprint density at radius 3 is 1.41 bits per heavy atom. The first-order valence-corrected chi connectivity index (χ1v) is 8.47. The third-order valence-corrected chi connectivity index (χ3v) is 2.84. The molecule has 0 atom stereocenters. The molecule has 2 aromatic carbocycles. The van der Waals surface area contributed by atoms with Crippen molar-refractivity contribution >= 4 is 11.8 Å². The van der Waals surface area contributed by atoms with Gasteiger partial charge in [0.25, 0.3) is 0 Å². The maximum Gasteiger partial charge on any atom is 0.123 e. The maximum atomic E-state index is 12.2. The number of halogens is 2. The minimum atomic E-state index is -0.240. The molecule has 0 radical (unpaired) electrons. The number of benzene rings is 2. The zero-order valence-electron chi connectivity index (χ0n) is 14.2. The van der Waals surface area contributed by atoms with Crippen LogP contribution in [0.25, 0.3) is 0 Å². The molecule has 0 bridgehead atoms. The predicted molar refractivity (Wildman–Crippen MR) is 93.8 cm³/mol. The van der Waals surface area contributed by atoms with Crippen LogP contribution in [-0.2, 0) is 0 Å². The lowest BCUT2D eigenvalue weighted by Gasteiger charge is -1.95. The molecular weight excluding hydrogens is 302 g/mol. The molecule has 2 aromatic rings. The van der Waals surface area contributed by atoms with Crippen LogP contribution in [-0.4, -0.2) is 13.4 Å². The van der Waals surface area contributed by atoms with Gasteiger partial charge in [-0.2, -0.15) is 0 Å². The first-order valence-electron chi connectivity index (χ1n) is 7.25. The van der Waals surface area contributed by atoms with Gasteiger partial charge in [0, 0.05) is 4.90 Å². The van der Waals surface area contributed by atoms with Crippen LogP contribution in [0.3, 0.4) is 0 Å². The van der Waals surface area contributed by atoms with E-state index in [4.69, 9.17) is 4.74 Å². The van der Waals surface area contributed by atoms with Crippen LogP contribution in [0, 0.1) is 11.6 Å². The summed E-state index contributed by atoms with van der Waals surface area (Å²) in [5.74, 6) is 0.264. The van der Waals surface area contributed by atoms with E-state index in [1.807, 2.05) is 34.0 Å². The molecule has 0 aliphatic rings. The highest BCUT2D eigenvalue weighted by atomic mass is 32.2. The Kier molecular flexibility index (Phi) is 16.4. The number of methoxy groups -OCH3 is 1. The van der Waals surface area contributed by atoms with E-state index in [1.165, 1.54) is 24.3 Å². The minimum absolute atomic E-state index is 0.173. The number of rotatable bonds is 2. The molecule has 2 rings (SSSR count). The predicted octanol–water partition coefficient (Wildman–Crippen LogP) is 6.43.